The van der Waals surface area contributed by atoms with Crippen LogP contribution < -0.4 is 4.74 Å². The predicted octanol–water partition coefficient (Wildman–Crippen LogP) is 3.73. The topological polar surface area (TPSA) is 46.5 Å². The van der Waals surface area contributed by atoms with Gasteiger partial charge in [0.05, 0.1) is 11.7 Å². The van der Waals surface area contributed by atoms with Gasteiger partial charge >= 0.3 is 5.97 Å². The second-order valence-electron chi connectivity index (χ2n) is 5.05. The average Bonchev–Trinajstić information content (AvgIpc) is 2.40. The van der Waals surface area contributed by atoms with Crippen LogP contribution in [0.5, 0.6) is 5.75 Å². The first-order valence-electron chi connectivity index (χ1n) is 6.67. The summed E-state index contributed by atoms with van der Waals surface area (Å²) in [5.41, 5.74) is 0.299. The summed E-state index contributed by atoms with van der Waals surface area (Å²) in [6, 6.07) is 6.65. The Balaban J connectivity index is 1.93. The third-order valence-corrected chi connectivity index (χ3v) is 3.74. The molecule has 2 rings (SSSR count). The summed E-state index contributed by atoms with van der Waals surface area (Å²) >= 11 is 0. The lowest BCUT2D eigenvalue weighted by Gasteiger charge is -2.28. The average molecular weight is 248 g/mol. The van der Waals surface area contributed by atoms with E-state index in [4.69, 9.17) is 9.84 Å². The zero-order valence-electron chi connectivity index (χ0n) is 10.8. The van der Waals surface area contributed by atoms with E-state index in [9.17, 15) is 4.79 Å². The Labute approximate surface area is 108 Å². The van der Waals surface area contributed by atoms with Crippen LogP contribution in [0.25, 0.3) is 0 Å². The molecule has 1 fully saturated rings. The zero-order valence-corrected chi connectivity index (χ0v) is 10.8. The maximum atomic E-state index is 10.7. The van der Waals surface area contributed by atoms with Crippen LogP contribution in [0.1, 0.15) is 49.4 Å². The molecule has 0 spiro atoms. The second kappa shape index (κ2) is 5.89. The molecule has 0 saturated heterocycles. The Morgan fingerprint density at radius 1 is 1.22 bits per heavy atom. The van der Waals surface area contributed by atoms with Crippen molar-refractivity contribution < 1.29 is 14.6 Å². The van der Waals surface area contributed by atoms with Crippen molar-refractivity contribution in [2.24, 2.45) is 5.92 Å². The largest absolute Gasteiger partial charge is 0.490 e. The van der Waals surface area contributed by atoms with E-state index in [1.165, 1.54) is 32.1 Å². The quantitative estimate of drug-likeness (QED) is 0.883. The van der Waals surface area contributed by atoms with Gasteiger partial charge in [-0.3, -0.25) is 0 Å². The molecule has 0 amide bonds. The van der Waals surface area contributed by atoms with E-state index >= 15 is 0 Å². The standard InChI is InChI=1S/C15H20O3/c1-11(12-5-3-2-4-6-12)18-14-9-7-13(8-10-14)15(16)17/h7-12H,2-6H2,1H3,(H,16,17). The molecule has 0 aromatic heterocycles. The third kappa shape index (κ3) is 3.25. The number of benzene rings is 1. The minimum Gasteiger partial charge on any atom is -0.490 e. The number of carbonyl (C=O) groups is 1. The maximum absolute atomic E-state index is 10.7. The Morgan fingerprint density at radius 2 is 1.83 bits per heavy atom. The van der Waals surface area contributed by atoms with Gasteiger partial charge < -0.3 is 9.84 Å². The van der Waals surface area contributed by atoms with E-state index in [0.717, 1.165) is 5.75 Å². The van der Waals surface area contributed by atoms with Crippen molar-refractivity contribution in [3.8, 4) is 5.75 Å². The number of carboxylic acids is 1. The molecular formula is C15H20O3. The fraction of sp³-hybridized carbons (Fsp3) is 0.533. The molecule has 3 nitrogen and oxygen atoms in total. The van der Waals surface area contributed by atoms with Gasteiger partial charge in [-0.1, -0.05) is 19.3 Å². The molecule has 1 N–H and O–H groups in total. The van der Waals surface area contributed by atoms with E-state index in [2.05, 4.69) is 6.92 Å². The van der Waals surface area contributed by atoms with Gasteiger partial charge in [-0.15, -0.1) is 0 Å². The highest BCUT2D eigenvalue weighted by atomic mass is 16.5. The van der Waals surface area contributed by atoms with E-state index in [0.29, 0.717) is 11.5 Å². The first-order chi connectivity index (χ1) is 8.66. The van der Waals surface area contributed by atoms with Gasteiger partial charge in [0.15, 0.2) is 0 Å². The van der Waals surface area contributed by atoms with Gasteiger partial charge in [-0.2, -0.15) is 0 Å². The Kier molecular flexibility index (Phi) is 4.24. The van der Waals surface area contributed by atoms with E-state index in [1.54, 1.807) is 24.3 Å². The highest BCUT2D eigenvalue weighted by Gasteiger charge is 2.21. The van der Waals surface area contributed by atoms with Crippen LogP contribution in [-0.2, 0) is 0 Å². The minimum absolute atomic E-state index is 0.209. The molecule has 1 unspecified atom stereocenters. The first kappa shape index (κ1) is 12.9. The predicted molar refractivity (Wildman–Crippen MR) is 70.1 cm³/mol. The number of hydrogen-bond donors (Lipinski definition) is 1. The van der Waals surface area contributed by atoms with Crippen molar-refractivity contribution in [2.75, 3.05) is 0 Å². The summed E-state index contributed by atoms with van der Waals surface area (Å²) in [4.78, 5) is 10.7. The molecule has 0 radical (unpaired) electrons. The Morgan fingerprint density at radius 3 is 2.39 bits per heavy atom. The summed E-state index contributed by atoms with van der Waals surface area (Å²) in [5.74, 6) is 0.498. The number of hydrogen-bond acceptors (Lipinski definition) is 2. The van der Waals surface area contributed by atoms with Crippen LogP contribution in [0, 0.1) is 5.92 Å². The SMILES string of the molecule is CC(Oc1ccc(C(=O)O)cc1)C1CCCCC1. The van der Waals surface area contributed by atoms with Crippen LogP contribution in [0.4, 0.5) is 0 Å². The number of aromatic carboxylic acids is 1. The smallest absolute Gasteiger partial charge is 0.335 e. The lowest BCUT2D eigenvalue weighted by Crippen LogP contribution is -2.25. The van der Waals surface area contributed by atoms with Crippen molar-refractivity contribution in [3.63, 3.8) is 0 Å². The molecule has 18 heavy (non-hydrogen) atoms. The van der Waals surface area contributed by atoms with Gasteiger partial charge in [0, 0.05) is 0 Å². The van der Waals surface area contributed by atoms with Crippen LogP contribution in [-0.4, -0.2) is 17.2 Å². The summed E-state index contributed by atoms with van der Waals surface area (Å²) < 4.78 is 5.90. The van der Waals surface area contributed by atoms with Crippen molar-refractivity contribution in [3.05, 3.63) is 29.8 Å². The van der Waals surface area contributed by atoms with Crippen LogP contribution in [0.3, 0.4) is 0 Å². The van der Waals surface area contributed by atoms with Crippen LogP contribution >= 0.6 is 0 Å². The molecular weight excluding hydrogens is 228 g/mol. The number of rotatable bonds is 4. The molecule has 0 aliphatic heterocycles. The van der Waals surface area contributed by atoms with Gasteiger partial charge in [0.1, 0.15) is 5.75 Å². The van der Waals surface area contributed by atoms with Crippen molar-refractivity contribution in [2.45, 2.75) is 45.1 Å². The van der Waals surface area contributed by atoms with Gasteiger partial charge in [-0.05, 0) is 49.9 Å². The monoisotopic (exact) mass is 248 g/mol. The lowest BCUT2D eigenvalue weighted by molar-refractivity contribution is 0.0696. The minimum atomic E-state index is -0.901. The van der Waals surface area contributed by atoms with E-state index in [-0.39, 0.29) is 6.10 Å². The Bertz CT molecular complexity index is 391. The molecule has 1 aliphatic carbocycles. The molecule has 1 saturated carbocycles. The molecule has 1 aromatic rings. The van der Waals surface area contributed by atoms with Crippen molar-refractivity contribution in [1.82, 2.24) is 0 Å². The second-order valence-corrected chi connectivity index (χ2v) is 5.05. The maximum Gasteiger partial charge on any atom is 0.335 e. The summed E-state index contributed by atoms with van der Waals surface area (Å²) in [7, 11) is 0. The molecule has 1 aromatic carbocycles. The Hall–Kier alpha value is -1.51. The third-order valence-electron chi connectivity index (χ3n) is 3.74. The van der Waals surface area contributed by atoms with Crippen LogP contribution in [0.2, 0.25) is 0 Å². The zero-order chi connectivity index (χ0) is 13.0. The highest BCUT2D eigenvalue weighted by Crippen LogP contribution is 2.28. The molecule has 1 atom stereocenters. The summed E-state index contributed by atoms with van der Waals surface area (Å²) in [6.45, 7) is 2.11. The first-order valence-corrected chi connectivity index (χ1v) is 6.67. The summed E-state index contributed by atoms with van der Waals surface area (Å²) in [6.07, 6.45) is 6.65. The van der Waals surface area contributed by atoms with Gasteiger partial charge in [-0.25, -0.2) is 4.79 Å². The van der Waals surface area contributed by atoms with E-state index in [1.807, 2.05) is 0 Å². The van der Waals surface area contributed by atoms with Gasteiger partial charge in [0.2, 0.25) is 0 Å². The molecule has 98 valence electrons. The van der Waals surface area contributed by atoms with Crippen LogP contribution in [0.15, 0.2) is 24.3 Å². The highest BCUT2D eigenvalue weighted by molar-refractivity contribution is 5.87. The molecule has 3 heteroatoms. The van der Waals surface area contributed by atoms with E-state index < -0.39 is 5.97 Å². The number of carboxylic acid groups (broad SMARTS) is 1. The van der Waals surface area contributed by atoms with Gasteiger partial charge in [0.25, 0.3) is 0 Å². The van der Waals surface area contributed by atoms with Crippen molar-refractivity contribution in [1.29, 1.82) is 0 Å². The lowest BCUT2D eigenvalue weighted by atomic mass is 9.86. The summed E-state index contributed by atoms with van der Waals surface area (Å²) in [5, 5.41) is 8.82. The fourth-order valence-corrected chi connectivity index (χ4v) is 2.59. The fourth-order valence-electron chi connectivity index (χ4n) is 2.59. The molecule has 1 aliphatic rings. The normalized spacial score (nSPS) is 18.3. The number of ether oxygens (including phenoxy) is 1. The molecule has 0 bridgehead atoms. The molecule has 0 heterocycles. The van der Waals surface area contributed by atoms with Crippen molar-refractivity contribution >= 4 is 5.97 Å².